The molecule has 2 aromatic carbocycles. The molecular formula is C17H15ClO4S. The maximum absolute atomic E-state index is 11.9. The van der Waals surface area contributed by atoms with Crippen molar-refractivity contribution in [1.82, 2.24) is 0 Å². The lowest BCUT2D eigenvalue weighted by Gasteiger charge is -2.04. The molecule has 0 saturated carbocycles. The van der Waals surface area contributed by atoms with Crippen LogP contribution in [0.5, 0.6) is 0 Å². The predicted molar refractivity (Wildman–Crippen MR) is 89.8 cm³/mol. The van der Waals surface area contributed by atoms with Crippen molar-refractivity contribution in [3.8, 4) is 0 Å². The van der Waals surface area contributed by atoms with E-state index in [0.29, 0.717) is 5.02 Å². The molecule has 0 saturated heterocycles. The van der Waals surface area contributed by atoms with Crippen LogP contribution >= 0.6 is 11.6 Å². The zero-order valence-corrected chi connectivity index (χ0v) is 14.0. The minimum absolute atomic E-state index is 0.0255. The third-order valence-electron chi connectivity index (χ3n) is 3.00. The summed E-state index contributed by atoms with van der Waals surface area (Å²) in [5, 5.41) is 0.598. The number of hydrogen-bond donors (Lipinski definition) is 0. The summed E-state index contributed by atoms with van der Waals surface area (Å²) in [7, 11) is -3.93. The smallest absolute Gasteiger partial charge is 0.292 e. The zero-order valence-electron chi connectivity index (χ0n) is 12.4. The third kappa shape index (κ3) is 5.32. The minimum Gasteiger partial charge on any atom is -0.292 e. The van der Waals surface area contributed by atoms with E-state index < -0.39 is 22.5 Å². The second-order valence-corrected chi connectivity index (χ2v) is 6.93. The highest BCUT2D eigenvalue weighted by atomic mass is 35.5. The van der Waals surface area contributed by atoms with Gasteiger partial charge in [-0.15, -0.1) is 0 Å². The number of aryl methyl sites for hydroxylation is 1. The molecule has 0 aliphatic rings. The molecule has 0 heterocycles. The van der Waals surface area contributed by atoms with Crippen LogP contribution in [0.2, 0.25) is 5.02 Å². The molecule has 2 aromatic rings. The van der Waals surface area contributed by atoms with Crippen molar-refractivity contribution < 1.29 is 17.4 Å². The van der Waals surface area contributed by atoms with Crippen molar-refractivity contribution in [1.29, 1.82) is 0 Å². The fourth-order valence-corrected chi connectivity index (χ4v) is 2.72. The van der Waals surface area contributed by atoms with Gasteiger partial charge in [-0.3, -0.25) is 8.98 Å². The van der Waals surface area contributed by atoms with Gasteiger partial charge in [-0.2, -0.15) is 8.42 Å². The Morgan fingerprint density at radius 1 is 1.09 bits per heavy atom. The zero-order chi connectivity index (χ0) is 16.9. The van der Waals surface area contributed by atoms with Crippen molar-refractivity contribution in [2.75, 3.05) is 6.61 Å². The summed E-state index contributed by atoms with van der Waals surface area (Å²) in [6.45, 7) is 1.31. The van der Waals surface area contributed by atoms with Crippen LogP contribution in [-0.4, -0.2) is 20.8 Å². The number of rotatable bonds is 6. The van der Waals surface area contributed by atoms with Gasteiger partial charge in [0, 0.05) is 5.02 Å². The quantitative estimate of drug-likeness (QED) is 0.589. The Bertz CT molecular complexity index is 807. The molecule has 0 spiro atoms. The molecule has 0 N–H and O–H groups in total. The molecule has 0 radical (unpaired) electrons. The number of ketones is 1. The summed E-state index contributed by atoms with van der Waals surface area (Å²) in [6.07, 6.45) is 2.84. The summed E-state index contributed by atoms with van der Waals surface area (Å²) < 4.78 is 28.7. The second kappa shape index (κ2) is 7.55. The minimum atomic E-state index is -3.93. The molecule has 6 heteroatoms. The Balaban J connectivity index is 1.95. The van der Waals surface area contributed by atoms with Crippen molar-refractivity contribution in [2.24, 2.45) is 0 Å². The van der Waals surface area contributed by atoms with Crippen LogP contribution in [0.3, 0.4) is 0 Å². The molecule has 0 bridgehead atoms. The van der Waals surface area contributed by atoms with E-state index in [-0.39, 0.29) is 4.90 Å². The first-order valence-electron chi connectivity index (χ1n) is 6.79. The normalized spacial score (nSPS) is 11.7. The fraction of sp³-hybridized carbons (Fsp3) is 0.118. The van der Waals surface area contributed by atoms with Crippen molar-refractivity contribution >= 4 is 33.6 Å². The summed E-state index contributed by atoms with van der Waals surface area (Å²) in [4.78, 5) is 11.7. The van der Waals surface area contributed by atoms with E-state index in [1.54, 1.807) is 42.5 Å². The van der Waals surface area contributed by atoms with Crippen LogP contribution in [0.25, 0.3) is 6.08 Å². The Labute approximate surface area is 140 Å². The Kier molecular flexibility index (Phi) is 5.71. The molecule has 120 valence electrons. The number of carbonyl (C=O) groups is 1. The topological polar surface area (TPSA) is 60.4 Å². The monoisotopic (exact) mass is 350 g/mol. The first-order chi connectivity index (χ1) is 10.9. The van der Waals surface area contributed by atoms with E-state index in [2.05, 4.69) is 0 Å². The maximum atomic E-state index is 11.9. The van der Waals surface area contributed by atoms with Gasteiger partial charge in [0.15, 0.2) is 5.78 Å². The molecule has 0 amide bonds. The van der Waals surface area contributed by atoms with E-state index in [1.165, 1.54) is 18.2 Å². The molecule has 0 fully saturated rings. The Morgan fingerprint density at radius 2 is 1.70 bits per heavy atom. The lowest BCUT2D eigenvalue weighted by Crippen LogP contribution is -2.12. The molecule has 23 heavy (non-hydrogen) atoms. The highest BCUT2D eigenvalue weighted by molar-refractivity contribution is 7.86. The molecule has 0 aliphatic carbocycles. The third-order valence-corrected chi connectivity index (χ3v) is 4.53. The standard InChI is InChI=1S/C17H15ClO4S/c1-13-2-10-17(11-3-13)23(20,21)22-12-16(19)9-6-14-4-7-15(18)8-5-14/h2-11H,12H2,1H3/b9-6+. The largest absolute Gasteiger partial charge is 0.297 e. The highest BCUT2D eigenvalue weighted by Crippen LogP contribution is 2.13. The average molecular weight is 351 g/mol. The summed E-state index contributed by atoms with van der Waals surface area (Å²) in [5.41, 5.74) is 1.72. The van der Waals surface area contributed by atoms with Gasteiger partial charge in [0.2, 0.25) is 0 Å². The van der Waals surface area contributed by atoms with E-state index in [4.69, 9.17) is 15.8 Å². The fourth-order valence-electron chi connectivity index (χ4n) is 1.72. The van der Waals surface area contributed by atoms with E-state index in [1.807, 2.05) is 6.92 Å². The van der Waals surface area contributed by atoms with Gasteiger partial charge in [-0.1, -0.05) is 47.5 Å². The molecular weight excluding hydrogens is 336 g/mol. The van der Waals surface area contributed by atoms with Crippen molar-refractivity contribution in [2.45, 2.75) is 11.8 Å². The lowest BCUT2D eigenvalue weighted by molar-refractivity contribution is -0.116. The lowest BCUT2D eigenvalue weighted by atomic mass is 10.2. The van der Waals surface area contributed by atoms with Gasteiger partial charge in [0.1, 0.15) is 6.61 Å². The van der Waals surface area contributed by atoms with Crippen LogP contribution < -0.4 is 0 Å². The maximum Gasteiger partial charge on any atom is 0.297 e. The van der Waals surface area contributed by atoms with Gasteiger partial charge in [0.25, 0.3) is 10.1 Å². The van der Waals surface area contributed by atoms with Crippen LogP contribution in [-0.2, 0) is 19.1 Å². The van der Waals surface area contributed by atoms with Gasteiger partial charge in [-0.25, -0.2) is 0 Å². The summed E-state index contributed by atoms with van der Waals surface area (Å²) in [5.74, 6) is -0.448. The van der Waals surface area contributed by atoms with Crippen LogP contribution in [0.15, 0.2) is 59.5 Å². The van der Waals surface area contributed by atoms with E-state index in [0.717, 1.165) is 11.1 Å². The van der Waals surface area contributed by atoms with E-state index in [9.17, 15) is 13.2 Å². The van der Waals surface area contributed by atoms with Crippen LogP contribution in [0.4, 0.5) is 0 Å². The van der Waals surface area contributed by atoms with Crippen molar-refractivity contribution in [3.63, 3.8) is 0 Å². The molecule has 0 unspecified atom stereocenters. The summed E-state index contributed by atoms with van der Waals surface area (Å²) >= 11 is 5.76. The predicted octanol–water partition coefficient (Wildman–Crippen LogP) is 3.64. The second-order valence-electron chi connectivity index (χ2n) is 4.88. The summed E-state index contributed by atoms with van der Waals surface area (Å²) in [6, 6.07) is 13.1. The van der Waals surface area contributed by atoms with Gasteiger partial charge in [0.05, 0.1) is 4.90 Å². The number of benzene rings is 2. The van der Waals surface area contributed by atoms with Gasteiger partial charge >= 0.3 is 0 Å². The molecule has 2 rings (SSSR count). The number of carbonyl (C=O) groups excluding carboxylic acids is 1. The first kappa shape index (κ1) is 17.4. The average Bonchev–Trinajstić information content (AvgIpc) is 2.53. The molecule has 0 atom stereocenters. The molecule has 0 aromatic heterocycles. The van der Waals surface area contributed by atoms with Crippen LogP contribution in [0, 0.1) is 6.92 Å². The number of halogens is 1. The Morgan fingerprint density at radius 3 is 2.30 bits per heavy atom. The molecule has 0 aliphatic heterocycles. The highest BCUT2D eigenvalue weighted by Gasteiger charge is 2.16. The Hall–Kier alpha value is -1.95. The first-order valence-corrected chi connectivity index (χ1v) is 8.58. The van der Waals surface area contributed by atoms with Gasteiger partial charge in [-0.05, 0) is 42.8 Å². The van der Waals surface area contributed by atoms with Gasteiger partial charge < -0.3 is 0 Å². The van der Waals surface area contributed by atoms with E-state index >= 15 is 0 Å². The number of hydrogen-bond acceptors (Lipinski definition) is 4. The molecule has 4 nitrogen and oxygen atoms in total. The SMILES string of the molecule is Cc1ccc(S(=O)(=O)OCC(=O)/C=C/c2ccc(Cl)cc2)cc1. The van der Waals surface area contributed by atoms with Crippen molar-refractivity contribution in [3.05, 3.63) is 70.8 Å². The van der Waals surface area contributed by atoms with Crippen LogP contribution in [0.1, 0.15) is 11.1 Å².